The number of nitrogens with zero attached hydrogens (tertiary/aromatic N) is 1. The highest BCUT2D eigenvalue weighted by molar-refractivity contribution is 5.73. The summed E-state index contributed by atoms with van der Waals surface area (Å²) >= 11 is 0. The van der Waals surface area contributed by atoms with Crippen molar-refractivity contribution in [3.63, 3.8) is 0 Å². The van der Waals surface area contributed by atoms with Gasteiger partial charge in [0, 0.05) is 31.8 Å². The van der Waals surface area contributed by atoms with Gasteiger partial charge in [-0.2, -0.15) is 0 Å². The van der Waals surface area contributed by atoms with Crippen molar-refractivity contribution in [2.45, 2.75) is 32.7 Å². The Morgan fingerprint density at radius 2 is 2.14 bits per heavy atom. The lowest BCUT2D eigenvalue weighted by Crippen LogP contribution is -2.35. The minimum Gasteiger partial charge on any atom is -0.481 e. The molecule has 0 fully saturated rings. The first-order chi connectivity index (χ1) is 10.1. The summed E-state index contributed by atoms with van der Waals surface area (Å²) in [6.45, 7) is 3.34. The van der Waals surface area contributed by atoms with Gasteiger partial charge in [0.05, 0.1) is 6.61 Å². The Kier molecular flexibility index (Phi) is 7.63. The zero-order valence-corrected chi connectivity index (χ0v) is 12.1. The molecule has 7 nitrogen and oxygen atoms in total. The van der Waals surface area contributed by atoms with E-state index in [1.807, 2.05) is 13.0 Å². The van der Waals surface area contributed by atoms with Crippen molar-refractivity contribution in [3.8, 4) is 5.88 Å². The van der Waals surface area contributed by atoms with Gasteiger partial charge in [0.1, 0.15) is 0 Å². The monoisotopic (exact) mass is 295 g/mol. The van der Waals surface area contributed by atoms with Gasteiger partial charge in [0.2, 0.25) is 5.88 Å². The van der Waals surface area contributed by atoms with Gasteiger partial charge in [-0.25, -0.2) is 9.78 Å². The van der Waals surface area contributed by atoms with E-state index in [1.165, 1.54) is 0 Å². The molecular formula is C14H21N3O4. The number of ether oxygens (including phenoxy) is 1. The molecule has 0 aliphatic heterocycles. The third-order valence-electron chi connectivity index (χ3n) is 2.56. The van der Waals surface area contributed by atoms with Crippen molar-refractivity contribution in [1.29, 1.82) is 0 Å². The quantitative estimate of drug-likeness (QED) is 0.600. The van der Waals surface area contributed by atoms with Crippen LogP contribution in [0.5, 0.6) is 5.88 Å². The number of carbonyl (C=O) groups is 2. The van der Waals surface area contributed by atoms with Crippen LogP contribution in [0.25, 0.3) is 0 Å². The maximum atomic E-state index is 11.5. The number of urea groups is 1. The van der Waals surface area contributed by atoms with E-state index in [0.717, 1.165) is 12.0 Å². The molecule has 0 radical (unpaired) electrons. The van der Waals surface area contributed by atoms with Gasteiger partial charge in [-0.05, 0) is 18.4 Å². The van der Waals surface area contributed by atoms with Crippen LogP contribution in [-0.2, 0) is 11.3 Å². The summed E-state index contributed by atoms with van der Waals surface area (Å²) in [4.78, 5) is 25.9. The van der Waals surface area contributed by atoms with Gasteiger partial charge < -0.3 is 20.5 Å². The molecule has 0 bridgehead atoms. The van der Waals surface area contributed by atoms with Crippen molar-refractivity contribution in [1.82, 2.24) is 15.6 Å². The van der Waals surface area contributed by atoms with Crippen LogP contribution in [0.3, 0.4) is 0 Å². The standard InChI is InChI=1S/C14H21N3O4/c1-2-8-21-12-6-5-11(9-16-12)10-17-14(20)15-7-3-4-13(18)19/h5-6,9H,2-4,7-8,10H2,1H3,(H,18,19)(H2,15,17,20). The first-order valence-corrected chi connectivity index (χ1v) is 6.93. The second kappa shape index (κ2) is 9.57. The molecule has 1 heterocycles. The average molecular weight is 295 g/mol. The SMILES string of the molecule is CCCOc1ccc(CNC(=O)NCCCC(=O)O)cn1. The number of carboxylic acid groups (broad SMARTS) is 1. The number of carbonyl (C=O) groups excluding carboxylic acids is 1. The van der Waals surface area contributed by atoms with Gasteiger partial charge in [0.25, 0.3) is 0 Å². The van der Waals surface area contributed by atoms with Crippen LogP contribution in [0.4, 0.5) is 4.79 Å². The summed E-state index contributed by atoms with van der Waals surface area (Å²) in [6.07, 6.45) is 3.03. The van der Waals surface area contributed by atoms with E-state index >= 15 is 0 Å². The number of aliphatic carboxylic acids is 1. The highest BCUT2D eigenvalue weighted by Crippen LogP contribution is 2.07. The fourth-order valence-electron chi connectivity index (χ4n) is 1.49. The average Bonchev–Trinajstić information content (AvgIpc) is 2.48. The molecule has 1 aromatic heterocycles. The number of hydrogen-bond donors (Lipinski definition) is 3. The maximum Gasteiger partial charge on any atom is 0.315 e. The van der Waals surface area contributed by atoms with Crippen LogP contribution in [-0.4, -0.2) is 35.2 Å². The number of hydrogen-bond acceptors (Lipinski definition) is 4. The minimum atomic E-state index is -0.867. The van der Waals surface area contributed by atoms with Crippen LogP contribution in [0.1, 0.15) is 31.7 Å². The van der Waals surface area contributed by atoms with Crippen molar-refractivity contribution >= 4 is 12.0 Å². The molecule has 0 aliphatic carbocycles. The van der Waals surface area contributed by atoms with Crippen LogP contribution < -0.4 is 15.4 Å². The molecule has 3 N–H and O–H groups in total. The second-order valence-electron chi connectivity index (χ2n) is 4.46. The van der Waals surface area contributed by atoms with Crippen molar-refractivity contribution in [2.24, 2.45) is 0 Å². The fraction of sp³-hybridized carbons (Fsp3) is 0.500. The topological polar surface area (TPSA) is 101 Å². The Hall–Kier alpha value is -2.31. The lowest BCUT2D eigenvalue weighted by molar-refractivity contribution is -0.137. The fourth-order valence-corrected chi connectivity index (χ4v) is 1.49. The van der Waals surface area contributed by atoms with Crippen molar-refractivity contribution in [3.05, 3.63) is 23.9 Å². The number of pyridine rings is 1. The summed E-state index contributed by atoms with van der Waals surface area (Å²) < 4.78 is 5.36. The predicted molar refractivity (Wildman–Crippen MR) is 77.1 cm³/mol. The molecule has 0 saturated heterocycles. The minimum absolute atomic E-state index is 0.0451. The largest absolute Gasteiger partial charge is 0.481 e. The molecule has 2 amide bonds. The molecule has 0 atom stereocenters. The van der Waals surface area contributed by atoms with Gasteiger partial charge in [-0.15, -0.1) is 0 Å². The third-order valence-corrected chi connectivity index (χ3v) is 2.56. The zero-order valence-electron chi connectivity index (χ0n) is 12.1. The Morgan fingerprint density at radius 1 is 1.33 bits per heavy atom. The Balaban J connectivity index is 2.21. The number of rotatable bonds is 9. The van der Waals surface area contributed by atoms with E-state index < -0.39 is 5.97 Å². The zero-order chi connectivity index (χ0) is 15.5. The molecule has 1 aromatic rings. The van der Waals surface area contributed by atoms with E-state index in [0.29, 0.717) is 32.0 Å². The summed E-state index contributed by atoms with van der Waals surface area (Å²) in [5.41, 5.74) is 0.861. The van der Waals surface area contributed by atoms with E-state index in [1.54, 1.807) is 12.3 Å². The molecule has 0 aliphatic rings. The number of aromatic nitrogens is 1. The number of carboxylic acids is 1. The van der Waals surface area contributed by atoms with Crippen LogP contribution in [0.15, 0.2) is 18.3 Å². The normalized spacial score (nSPS) is 9.95. The van der Waals surface area contributed by atoms with Crippen LogP contribution in [0.2, 0.25) is 0 Å². The van der Waals surface area contributed by atoms with Crippen LogP contribution in [0, 0.1) is 0 Å². The number of amides is 2. The molecule has 7 heteroatoms. The van der Waals surface area contributed by atoms with Crippen molar-refractivity contribution < 1.29 is 19.4 Å². The van der Waals surface area contributed by atoms with E-state index in [4.69, 9.17) is 9.84 Å². The predicted octanol–water partition coefficient (Wildman–Crippen LogP) is 1.53. The lowest BCUT2D eigenvalue weighted by Gasteiger charge is -2.08. The van der Waals surface area contributed by atoms with Crippen molar-refractivity contribution in [2.75, 3.05) is 13.2 Å². The molecule has 1 rings (SSSR count). The Morgan fingerprint density at radius 3 is 2.76 bits per heavy atom. The van der Waals surface area contributed by atoms with E-state index in [9.17, 15) is 9.59 Å². The molecular weight excluding hydrogens is 274 g/mol. The summed E-state index contributed by atoms with van der Waals surface area (Å²) in [7, 11) is 0. The van der Waals surface area contributed by atoms with Gasteiger partial charge >= 0.3 is 12.0 Å². The summed E-state index contributed by atoms with van der Waals surface area (Å²) in [5, 5.41) is 13.7. The highest BCUT2D eigenvalue weighted by atomic mass is 16.5. The second-order valence-corrected chi connectivity index (χ2v) is 4.46. The van der Waals surface area contributed by atoms with E-state index in [2.05, 4.69) is 15.6 Å². The summed E-state index contributed by atoms with van der Waals surface area (Å²) in [6, 6.07) is 3.27. The maximum absolute atomic E-state index is 11.5. The molecule has 0 spiro atoms. The number of nitrogens with one attached hydrogen (secondary N) is 2. The highest BCUT2D eigenvalue weighted by Gasteiger charge is 2.02. The van der Waals surface area contributed by atoms with E-state index in [-0.39, 0.29) is 12.5 Å². The van der Waals surface area contributed by atoms with Gasteiger partial charge in [-0.3, -0.25) is 4.79 Å². The van der Waals surface area contributed by atoms with Gasteiger partial charge in [-0.1, -0.05) is 13.0 Å². The lowest BCUT2D eigenvalue weighted by atomic mass is 10.3. The Bertz CT molecular complexity index is 448. The third kappa shape index (κ3) is 7.76. The first-order valence-electron chi connectivity index (χ1n) is 6.93. The first kappa shape index (κ1) is 16.7. The summed E-state index contributed by atoms with van der Waals surface area (Å²) in [5.74, 6) is -0.299. The molecule has 21 heavy (non-hydrogen) atoms. The van der Waals surface area contributed by atoms with Gasteiger partial charge in [0.15, 0.2) is 0 Å². The smallest absolute Gasteiger partial charge is 0.315 e. The molecule has 116 valence electrons. The van der Waals surface area contributed by atoms with Crippen LogP contribution >= 0.6 is 0 Å². The molecule has 0 aromatic carbocycles. The Labute approximate surface area is 123 Å². The molecule has 0 unspecified atom stereocenters. The molecule has 0 saturated carbocycles.